The molecule has 0 radical (unpaired) electrons. The summed E-state index contributed by atoms with van der Waals surface area (Å²) in [7, 11) is 5.89. The molecule has 0 bridgehead atoms. The number of rotatable bonds is 6. The quantitative estimate of drug-likeness (QED) is 0.353. The van der Waals surface area contributed by atoms with Crippen molar-refractivity contribution in [3.8, 4) is 0 Å². The first-order valence-corrected chi connectivity index (χ1v) is 14.7. The SMILES string of the molecule is C=C(c1cc(C)c(NC(=NC)Nc2ccc(N3CC4(CC5NC6CCC654)OC3=C)cn2)n1C1CCCC1)N(C)C. The molecule has 4 heterocycles. The summed E-state index contributed by atoms with van der Waals surface area (Å²) in [5.41, 5.74) is 4.58. The van der Waals surface area contributed by atoms with Crippen molar-refractivity contribution < 1.29 is 4.74 Å². The van der Waals surface area contributed by atoms with Crippen LogP contribution in [0.5, 0.6) is 0 Å². The fraction of sp³-hybridized carbons (Fsp3) is 0.548. The highest BCUT2D eigenvalue weighted by Gasteiger charge is 2.81. The molecule has 5 aliphatic rings. The Labute approximate surface area is 237 Å². The average molecular weight is 543 g/mol. The lowest BCUT2D eigenvalue weighted by Gasteiger charge is -2.78. The van der Waals surface area contributed by atoms with Gasteiger partial charge >= 0.3 is 0 Å². The first-order valence-electron chi connectivity index (χ1n) is 14.7. The molecular weight excluding hydrogens is 500 g/mol. The third-order valence-electron chi connectivity index (χ3n) is 10.4. The van der Waals surface area contributed by atoms with E-state index in [0.717, 1.165) is 47.6 Å². The lowest BCUT2D eigenvalue weighted by molar-refractivity contribution is -0.290. The summed E-state index contributed by atoms with van der Waals surface area (Å²) in [6, 6.07) is 8.02. The fourth-order valence-electron chi connectivity index (χ4n) is 8.08. The number of hydrogen-bond donors (Lipinski definition) is 3. The van der Waals surface area contributed by atoms with Crippen molar-refractivity contribution >= 4 is 29.0 Å². The molecule has 2 saturated heterocycles. The number of aryl methyl sites for hydroxylation is 1. The lowest BCUT2D eigenvalue weighted by atomic mass is 9.37. The minimum absolute atomic E-state index is 0.0887. The summed E-state index contributed by atoms with van der Waals surface area (Å²) in [6.07, 6.45) is 10.4. The molecule has 7 rings (SSSR count). The normalized spacial score (nSPS) is 30.6. The highest BCUT2D eigenvalue weighted by atomic mass is 16.5. The zero-order valence-electron chi connectivity index (χ0n) is 24.3. The molecule has 0 aromatic carbocycles. The van der Waals surface area contributed by atoms with Crippen molar-refractivity contribution in [1.82, 2.24) is 19.8 Å². The van der Waals surface area contributed by atoms with E-state index >= 15 is 0 Å². The van der Waals surface area contributed by atoms with Crippen LogP contribution in [-0.2, 0) is 4.74 Å². The van der Waals surface area contributed by atoms with Gasteiger partial charge in [-0.05, 0) is 62.9 Å². The van der Waals surface area contributed by atoms with Crippen LogP contribution >= 0.6 is 0 Å². The van der Waals surface area contributed by atoms with Gasteiger partial charge in [-0.3, -0.25) is 4.99 Å². The molecule has 3 aliphatic carbocycles. The Morgan fingerprint density at radius 3 is 2.60 bits per heavy atom. The lowest BCUT2D eigenvalue weighted by Crippen LogP contribution is -2.91. The van der Waals surface area contributed by atoms with Crippen LogP contribution in [0.15, 0.2) is 48.4 Å². The van der Waals surface area contributed by atoms with Crippen molar-refractivity contribution in [3.05, 3.63) is 54.7 Å². The molecule has 3 saturated carbocycles. The largest absolute Gasteiger partial charge is 0.470 e. The Morgan fingerprint density at radius 1 is 1.20 bits per heavy atom. The molecule has 2 aromatic heterocycles. The molecule has 3 N–H and O–H groups in total. The van der Waals surface area contributed by atoms with E-state index in [-0.39, 0.29) is 5.60 Å². The number of aliphatic imine (C=N–C) groups is 1. The molecule has 4 atom stereocenters. The minimum atomic E-state index is -0.0887. The second kappa shape index (κ2) is 9.03. The van der Waals surface area contributed by atoms with Crippen LogP contribution in [0.25, 0.3) is 5.70 Å². The zero-order chi connectivity index (χ0) is 27.8. The number of nitrogens with zero attached hydrogens (tertiary/aromatic N) is 5. The topological polar surface area (TPSA) is 82.0 Å². The van der Waals surface area contributed by atoms with Gasteiger partial charge in [-0.15, -0.1) is 0 Å². The van der Waals surface area contributed by atoms with Crippen molar-refractivity contribution in [2.75, 3.05) is 43.2 Å². The summed E-state index contributed by atoms with van der Waals surface area (Å²) in [6.45, 7) is 11.6. The smallest absolute Gasteiger partial charge is 0.202 e. The van der Waals surface area contributed by atoms with Gasteiger partial charge in [0.1, 0.15) is 17.2 Å². The molecule has 9 heteroatoms. The van der Waals surface area contributed by atoms with E-state index < -0.39 is 0 Å². The van der Waals surface area contributed by atoms with Crippen LogP contribution in [0.1, 0.15) is 62.2 Å². The third kappa shape index (κ3) is 3.49. The van der Waals surface area contributed by atoms with Gasteiger partial charge in [0.2, 0.25) is 5.96 Å². The molecule has 9 nitrogen and oxygen atoms in total. The number of pyridine rings is 1. The second-order valence-corrected chi connectivity index (χ2v) is 12.6. The van der Waals surface area contributed by atoms with Crippen molar-refractivity contribution in [2.24, 2.45) is 10.4 Å². The number of aromatic nitrogens is 2. The first kappa shape index (κ1) is 25.5. The van der Waals surface area contributed by atoms with E-state index in [0.29, 0.717) is 29.5 Å². The van der Waals surface area contributed by atoms with Crippen molar-refractivity contribution in [2.45, 2.75) is 75.6 Å². The monoisotopic (exact) mass is 542 g/mol. The van der Waals surface area contributed by atoms with Crippen LogP contribution in [0.3, 0.4) is 0 Å². The molecule has 40 heavy (non-hydrogen) atoms. The number of piperidine rings is 2. The highest BCUT2D eigenvalue weighted by molar-refractivity contribution is 6.03. The van der Waals surface area contributed by atoms with E-state index in [1.165, 1.54) is 44.1 Å². The summed E-state index contributed by atoms with van der Waals surface area (Å²) >= 11 is 0. The van der Waals surface area contributed by atoms with Crippen molar-refractivity contribution in [1.29, 1.82) is 0 Å². The van der Waals surface area contributed by atoms with Gasteiger partial charge < -0.3 is 35.1 Å². The molecule has 0 amide bonds. The Morgan fingerprint density at radius 2 is 2.00 bits per heavy atom. The van der Waals surface area contributed by atoms with Crippen LogP contribution in [0, 0.1) is 12.3 Å². The summed E-state index contributed by atoms with van der Waals surface area (Å²) in [5, 5.41) is 10.7. The van der Waals surface area contributed by atoms with Gasteiger partial charge in [0, 0.05) is 51.1 Å². The number of anilines is 3. The second-order valence-electron chi connectivity index (χ2n) is 12.6. The Balaban J connectivity index is 1.07. The molecular formula is C31H42N8O. The van der Waals surface area contributed by atoms with E-state index in [1.54, 1.807) is 7.05 Å². The van der Waals surface area contributed by atoms with Gasteiger partial charge in [-0.25, -0.2) is 4.98 Å². The maximum Gasteiger partial charge on any atom is 0.202 e. The van der Waals surface area contributed by atoms with Gasteiger partial charge in [-0.1, -0.05) is 19.4 Å². The predicted octanol–water partition coefficient (Wildman–Crippen LogP) is 4.92. The zero-order valence-corrected chi connectivity index (χ0v) is 24.3. The highest BCUT2D eigenvalue weighted by Crippen LogP contribution is 2.71. The van der Waals surface area contributed by atoms with Gasteiger partial charge in [0.05, 0.1) is 29.8 Å². The Kier molecular flexibility index (Phi) is 5.75. The maximum atomic E-state index is 6.49. The summed E-state index contributed by atoms with van der Waals surface area (Å²) in [5.74, 6) is 3.19. The van der Waals surface area contributed by atoms with Crippen LogP contribution in [0.2, 0.25) is 0 Å². The molecule has 2 aromatic rings. The molecule has 2 spiro atoms. The van der Waals surface area contributed by atoms with Gasteiger partial charge in [0.15, 0.2) is 5.88 Å². The molecule has 4 unspecified atom stereocenters. The maximum absolute atomic E-state index is 6.49. The van der Waals surface area contributed by atoms with Crippen LogP contribution in [-0.4, -0.2) is 65.8 Å². The van der Waals surface area contributed by atoms with Gasteiger partial charge in [0.25, 0.3) is 0 Å². The standard InChI is InChI=1S/C31H42N8O/c1-19-15-24(20(2)37(5)6)39(22-9-7-8-10-22)28(19)36-29(32-4)35-27-12-11-23(17-33-27)38-18-30(40-21(38)3)16-26-31(30)14-13-25(31)34-26/h11-12,15,17,22,25-26,34H,2-3,7-10,13-14,16,18H2,1,4-6H3,(H2,32,33,35,36). The molecule has 5 fully saturated rings. The Bertz CT molecular complexity index is 1380. The van der Waals surface area contributed by atoms with E-state index in [9.17, 15) is 0 Å². The van der Waals surface area contributed by atoms with Crippen molar-refractivity contribution in [3.63, 3.8) is 0 Å². The number of hydrogen-bond acceptors (Lipinski definition) is 6. The third-order valence-corrected chi connectivity index (χ3v) is 10.4. The number of guanidine groups is 1. The average Bonchev–Trinajstić information content (AvgIpc) is 3.64. The summed E-state index contributed by atoms with van der Waals surface area (Å²) < 4.78 is 8.92. The first-order chi connectivity index (χ1) is 19.3. The summed E-state index contributed by atoms with van der Waals surface area (Å²) in [4.78, 5) is 13.5. The molecule has 212 valence electrons. The number of ether oxygens (including phenoxy) is 1. The predicted molar refractivity (Wildman–Crippen MR) is 162 cm³/mol. The van der Waals surface area contributed by atoms with Crippen LogP contribution < -0.4 is 20.9 Å². The van der Waals surface area contributed by atoms with E-state index in [1.807, 2.05) is 26.4 Å². The number of nitrogens with one attached hydrogen (secondary N) is 3. The molecule has 2 aliphatic heterocycles. The fourth-order valence-corrected chi connectivity index (χ4v) is 8.08. The Hall–Kier alpha value is -3.46. The van der Waals surface area contributed by atoms with E-state index in [2.05, 4.69) is 67.5 Å². The minimum Gasteiger partial charge on any atom is -0.470 e. The van der Waals surface area contributed by atoms with Gasteiger partial charge in [-0.2, -0.15) is 0 Å². The van der Waals surface area contributed by atoms with Crippen LogP contribution in [0.4, 0.5) is 17.3 Å². The van der Waals surface area contributed by atoms with E-state index in [4.69, 9.17) is 9.72 Å².